The van der Waals surface area contributed by atoms with Crippen molar-refractivity contribution in [3.05, 3.63) is 29.3 Å². The lowest BCUT2D eigenvalue weighted by molar-refractivity contribution is -0.122. The van der Waals surface area contributed by atoms with Crippen molar-refractivity contribution >= 4 is 18.3 Å². The van der Waals surface area contributed by atoms with Crippen LogP contribution in [0.15, 0.2) is 18.2 Å². The summed E-state index contributed by atoms with van der Waals surface area (Å²) < 4.78 is 5.51. The van der Waals surface area contributed by atoms with Crippen molar-refractivity contribution in [2.24, 2.45) is 0 Å². The van der Waals surface area contributed by atoms with Crippen LogP contribution in [0.2, 0.25) is 0 Å². The third-order valence-corrected chi connectivity index (χ3v) is 7.45. The van der Waals surface area contributed by atoms with E-state index in [4.69, 9.17) is 4.74 Å². The Hall–Kier alpha value is -1.30. The Kier molecular flexibility index (Phi) is 9.48. The number of hydrogen-bond donors (Lipinski definition) is 1. The lowest BCUT2D eigenvalue weighted by Crippen LogP contribution is -2.51. The monoisotopic (exact) mass is 449 g/mol. The fourth-order valence-corrected chi connectivity index (χ4v) is 5.71. The average Bonchev–Trinajstić information content (AvgIpc) is 2.82. The lowest BCUT2D eigenvalue weighted by Gasteiger charge is -2.40. The molecule has 0 spiro atoms. The number of nitrogens with zero attached hydrogens (tertiary/aromatic N) is 2. The van der Waals surface area contributed by atoms with Crippen LogP contribution in [0.3, 0.4) is 0 Å². The Labute approximate surface area is 194 Å². The van der Waals surface area contributed by atoms with Crippen LogP contribution in [0.1, 0.15) is 68.4 Å². The molecular formula is C25H40ClN3O2. The van der Waals surface area contributed by atoms with E-state index in [9.17, 15) is 4.79 Å². The van der Waals surface area contributed by atoms with Gasteiger partial charge in [0.05, 0.1) is 13.0 Å². The van der Waals surface area contributed by atoms with E-state index in [1.165, 1.54) is 63.8 Å². The summed E-state index contributed by atoms with van der Waals surface area (Å²) >= 11 is 0. The van der Waals surface area contributed by atoms with Crippen molar-refractivity contribution in [1.82, 2.24) is 15.1 Å². The highest BCUT2D eigenvalue weighted by molar-refractivity contribution is 5.85. The average molecular weight is 450 g/mol. The predicted octanol–water partition coefficient (Wildman–Crippen LogP) is 3.99. The third-order valence-electron chi connectivity index (χ3n) is 7.45. The standard InChI is InChI=1S/C25H39N3O2.ClH/c1-30-24-13-6-10-21-22(24)11-5-12-23(21)25(29)26-14-7-15-27-16-18-28(19-17-27)20-8-3-2-4-9-20;/h6,10,13,20,23H,2-5,7-9,11-12,14-19H2,1H3,(H,26,29);1H. The van der Waals surface area contributed by atoms with Crippen LogP contribution in [0.5, 0.6) is 5.75 Å². The number of piperazine rings is 1. The molecule has 3 aliphatic rings. The number of hydrogen-bond acceptors (Lipinski definition) is 4. The molecule has 1 aromatic rings. The molecule has 1 atom stereocenters. The normalized spacial score (nSPS) is 22.9. The Morgan fingerprint density at radius 1 is 1.06 bits per heavy atom. The molecule has 1 N–H and O–H groups in total. The molecule has 174 valence electrons. The third kappa shape index (κ3) is 6.15. The number of amides is 1. The van der Waals surface area contributed by atoms with Gasteiger partial charge in [-0.25, -0.2) is 0 Å². The summed E-state index contributed by atoms with van der Waals surface area (Å²) in [7, 11) is 1.72. The maximum absolute atomic E-state index is 12.9. The molecule has 4 rings (SSSR count). The predicted molar refractivity (Wildman–Crippen MR) is 128 cm³/mol. The number of fused-ring (bicyclic) bond motifs is 1. The Balaban J connectivity index is 0.00000272. The van der Waals surface area contributed by atoms with Gasteiger partial charge in [-0.15, -0.1) is 12.4 Å². The number of rotatable bonds is 7. The molecule has 1 amide bonds. The maximum atomic E-state index is 12.9. The smallest absolute Gasteiger partial charge is 0.227 e. The molecule has 0 bridgehead atoms. The summed E-state index contributed by atoms with van der Waals surface area (Å²) in [6.45, 7) is 6.67. The zero-order valence-electron chi connectivity index (χ0n) is 19.1. The van der Waals surface area contributed by atoms with E-state index in [1.54, 1.807) is 7.11 Å². The van der Waals surface area contributed by atoms with E-state index < -0.39 is 0 Å². The van der Waals surface area contributed by atoms with Gasteiger partial charge in [-0.3, -0.25) is 9.69 Å². The molecule has 0 radical (unpaired) electrons. The van der Waals surface area contributed by atoms with Crippen LogP contribution in [0, 0.1) is 0 Å². The first-order valence-corrected chi connectivity index (χ1v) is 12.2. The quantitative estimate of drug-likeness (QED) is 0.639. The minimum absolute atomic E-state index is 0. The second-order valence-electron chi connectivity index (χ2n) is 9.29. The first-order valence-electron chi connectivity index (χ1n) is 12.2. The number of halogens is 1. The zero-order valence-corrected chi connectivity index (χ0v) is 19.9. The SMILES string of the molecule is COc1cccc2c1CCCC2C(=O)NCCCN1CCN(C2CCCCC2)CC1.Cl. The number of benzene rings is 1. The van der Waals surface area contributed by atoms with Gasteiger partial charge in [0.2, 0.25) is 5.91 Å². The highest BCUT2D eigenvalue weighted by Gasteiger charge is 2.28. The minimum Gasteiger partial charge on any atom is -0.496 e. The number of carbonyl (C=O) groups excluding carboxylic acids is 1. The van der Waals surface area contributed by atoms with Crippen LogP contribution < -0.4 is 10.1 Å². The molecular weight excluding hydrogens is 410 g/mol. The molecule has 31 heavy (non-hydrogen) atoms. The fraction of sp³-hybridized carbons (Fsp3) is 0.720. The molecule has 1 aromatic carbocycles. The van der Waals surface area contributed by atoms with Crippen LogP contribution in [-0.2, 0) is 11.2 Å². The molecule has 6 heteroatoms. The van der Waals surface area contributed by atoms with Crippen LogP contribution in [-0.4, -0.2) is 68.1 Å². The molecule has 1 saturated carbocycles. The number of carbonyl (C=O) groups is 1. The highest BCUT2D eigenvalue weighted by Crippen LogP contribution is 2.36. The van der Waals surface area contributed by atoms with Gasteiger partial charge >= 0.3 is 0 Å². The molecule has 1 heterocycles. The molecule has 2 fully saturated rings. The summed E-state index contributed by atoms with van der Waals surface area (Å²) in [5, 5.41) is 3.21. The summed E-state index contributed by atoms with van der Waals surface area (Å²) in [6, 6.07) is 6.97. The van der Waals surface area contributed by atoms with E-state index in [0.29, 0.717) is 0 Å². The van der Waals surface area contributed by atoms with E-state index in [-0.39, 0.29) is 24.2 Å². The summed E-state index contributed by atoms with van der Waals surface area (Å²) in [5.74, 6) is 1.09. The van der Waals surface area contributed by atoms with Gasteiger partial charge < -0.3 is 15.0 Å². The topological polar surface area (TPSA) is 44.8 Å². The Bertz CT molecular complexity index is 700. The van der Waals surface area contributed by atoms with Gasteiger partial charge in [0.25, 0.3) is 0 Å². The van der Waals surface area contributed by atoms with Gasteiger partial charge in [-0.05, 0) is 62.3 Å². The van der Waals surface area contributed by atoms with Gasteiger partial charge in [-0.2, -0.15) is 0 Å². The molecule has 2 aliphatic carbocycles. The second kappa shape index (κ2) is 12.1. The molecule has 1 aliphatic heterocycles. The fourth-order valence-electron chi connectivity index (χ4n) is 5.71. The first kappa shape index (κ1) is 24.3. The van der Waals surface area contributed by atoms with E-state index in [0.717, 1.165) is 56.1 Å². The van der Waals surface area contributed by atoms with Gasteiger partial charge in [-0.1, -0.05) is 31.4 Å². The van der Waals surface area contributed by atoms with Crippen LogP contribution in [0.4, 0.5) is 0 Å². The Morgan fingerprint density at radius 2 is 1.84 bits per heavy atom. The molecule has 1 unspecified atom stereocenters. The second-order valence-corrected chi connectivity index (χ2v) is 9.29. The van der Waals surface area contributed by atoms with Gasteiger partial charge in [0.1, 0.15) is 5.75 Å². The number of nitrogens with one attached hydrogen (secondary N) is 1. The summed E-state index contributed by atoms with van der Waals surface area (Å²) in [6.07, 6.45) is 11.1. The first-order chi connectivity index (χ1) is 14.8. The van der Waals surface area contributed by atoms with Crippen molar-refractivity contribution in [3.63, 3.8) is 0 Å². The van der Waals surface area contributed by atoms with Crippen molar-refractivity contribution in [2.75, 3.05) is 46.4 Å². The summed E-state index contributed by atoms with van der Waals surface area (Å²) in [5.41, 5.74) is 2.39. The molecule has 1 saturated heterocycles. The van der Waals surface area contributed by atoms with E-state index in [1.807, 2.05) is 12.1 Å². The van der Waals surface area contributed by atoms with Gasteiger partial charge in [0.15, 0.2) is 0 Å². The Morgan fingerprint density at radius 3 is 2.58 bits per heavy atom. The van der Waals surface area contributed by atoms with Crippen molar-refractivity contribution in [3.8, 4) is 5.75 Å². The van der Waals surface area contributed by atoms with E-state index in [2.05, 4.69) is 21.2 Å². The van der Waals surface area contributed by atoms with Crippen molar-refractivity contribution in [2.45, 2.75) is 69.7 Å². The van der Waals surface area contributed by atoms with Crippen molar-refractivity contribution in [1.29, 1.82) is 0 Å². The van der Waals surface area contributed by atoms with E-state index >= 15 is 0 Å². The maximum Gasteiger partial charge on any atom is 0.227 e. The molecule has 0 aromatic heterocycles. The summed E-state index contributed by atoms with van der Waals surface area (Å²) in [4.78, 5) is 18.2. The zero-order chi connectivity index (χ0) is 20.8. The number of ether oxygens (including phenoxy) is 1. The largest absolute Gasteiger partial charge is 0.496 e. The highest BCUT2D eigenvalue weighted by atomic mass is 35.5. The van der Waals surface area contributed by atoms with Crippen LogP contribution in [0.25, 0.3) is 0 Å². The van der Waals surface area contributed by atoms with Crippen molar-refractivity contribution < 1.29 is 9.53 Å². The van der Waals surface area contributed by atoms with Crippen LogP contribution >= 0.6 is 12.4 Å². The molecule has 5 nitrogen and oxygen atoms in total. The number of methoxy groups -OCH3 is 1. The van der Waals surface area contributed by atoms with Gasteiger partial charge in [0, 0.05) is 38.8 Å². The lowest BCUT2D eigenvalue weighted by atomic mass is 9.82. The minimum atomic E-state index is -0.0251.